The molecular weight excluding hydrogens is 346 g/mol. The fourth-order valence-electron chi connectivity index (χ4n) is 2.91. The van der Waals surface area contributed by atoms with Crippen LogP contribution < -0.4 is 10.5 Å². The van der Waals surface area contributed by atoms with E-state index in [1.165, 1.54) is 21.2 Å². The van der Waals surface area contributed by atoms with Crippen molar-refractivity contribution in [1.29, 1.82) is 0 Å². The molecule has 2 N–H and O–H groups in total. The molecule has 2 atom stereocenters. The summed E-state index contributed by atoms with van der Waals surface area (Å²) >= 11 is 5.33. The molecule has 0 fully saturated rings. The third-order valence-corrected chi connectivity index (χ3v) is 5.98. The van der Waals surface area contributed by atoms with E-state index < -0.39 is 0 Å². The van der Waals surface area contributed by atoms with E-state index in [0.29, 0.717) is 0 Å². The molecule has 1 aliphatic heterocycles. The first kappa shape index (κ1) is 13.3. The van der Waals surface area contributed by atoms with Crippen LogP contribution in [0.3, 0.4) is 0 Å². The second kappa shape index (κ2) is 5.13. The molecule has 0 aliphatic carbocycles. The van der Waals surface area contributed by atoms with Gasteiger partial charge in [-0.05, 0) is 50.0 Å². The predicted octanol–water partition coefficient (Wildman–Crippen LogP) is 4.67. The van der Waals surface area contributed by atoms with Crippen LogP contribution in [0, 0.1) is 0 Å². The predicted molar refractivity (Wildman–Crippen MR) is 91.0 cm³/mol. The molecule has 0 radical (unpaired) electrons. The highest BCUT2D eigenvalue weighted by Gasteiger charge is 2.30. The van der Waals surface area contributed by atoms with E-state index in [0.717, 1.165) is 16.6 Å². The minimum Gasteiger partial charge on any atom is -0.488 e. The van der Waals surface area contributed by atoms with Crippen molar-refractivity contribution in [3.63, 3.8) is 0 Å². The lowest BCUT2D eigenvalue weighted by Gasteiger charge is -2.19. The summed E-state index contributed by atoms with van der Waals surface area (Å²) in [4.78, 5) is 0. The van der Waals surface area contributed by atoms with Crippen molar-refractivity contribution in [2.75, 3.05) is 0 Å². The minimum atomic E-state index is -0.111. The Hall–Kier alpha value is -1.36. The number of fused-ring (bicyclic) bond motifs is 2. The van der Waals surface area contributed by atoms with Gasteiger partial charge in [-0.2, -0.15) is 0 Å². The van der Waals surface area contributed by atoms with Gasteiger partial charge in [-0.25, -0.2) is 0 Å². The van der Waals surface area contributed by atoms with Crippen LogP contribution in [-0.4, -0.2) is 6.10 Å². The quantitative estimate of drug-likeness (QED) is 0.721. The van der Waals surface area contributed by atoms with Crippen molar-refractivity contribution in [3.05, 3.63) is 63.4 Å². The smallest absolute Gasteiger partial charge is 0.123 e. The summed E-state index contributed by atoms with van der Waals surface area (Å²) in [5.74, 6) is 0.971. The zero-order valence-electron chi connectivity index (χ0n) is 11.3. The SMILES string of the molecule is NC(c1csc2c(Br)cccc12)C1Cc2ccccc2O1. The lowest BCUT2D eigenvalue weighted by Crippen LogP contribution is -2.29. The highest BCUT2D eigenvalue weighted by molar-refractivity contribution is 9.10. The highest BCUT2D eigenvalue weighted by Crippen LogP contribution is 2.39. The number of ether oxygens (including phenoxy) is 1. The molecular formula is C17H14BrNOS. The number of hydrogen-bond acceptors (Lipinski definition) is 3. The number of benzene rings is 2. The lowest BCUT2D eigenvalue weighted by atomic mass is 9.98. The van der Waals surface area contributed by atoms with E-state index in [1.807, 2.05) is 18.2 Å². The molecule has 0 saturated heterocycles. The van der Waals surface area contributed by atoms with Crippen molar-refractivity contribution in [3.8, 4) is 5.75 Å². The van der Waals surface area contributed by atoms with Crippen LogP contribution in [0.5, 0.6) is 5.75 Å². The Bertz CT molecular complexity index is 788. The second-order valence-corrected chi connectivity index (χ2v) is 7.04. The van der Waals surface area contributed by atoms with E-state index in [4.69, 9.17) is 10.5 Å². The zero-order valence-corrected chi connectivity index (χ0v) is 13.7. The van der Waals surface area contributed by atoms with Crippen molar-refractivity contribution < 1.29 is 4.74 Å². The van der Waals surface area contributed by atoms with Crippen LogP contribution in [0.15, 0.2) is 52.3 Å². The highest BCUT2D eigenvalue weighted by atomic mass is 79.9. The molecule has 2 nitrogen and oxygen atoms in total. The average Bonchev–Trinajstić information content (AvgIpc) is 3.11. The second-order valence-electron chi connectivity index (χ2n) is 5.30. The van der Waals surface area contributed by atoms with E-state index in [2.05, 4.69) is 45.6 Å². The molecule has 106 valence electrons. The Morgan fingerprint density at radius 2 is 2.05 bits per heavy atom. The van der Waals surface area contributed by atoms with Gasteiger partial charge < -0.3 is 10.5 Å². The first-order valence-corrected chi connectivity index (χ1v) is 8.57. The van der Waals surface area contributed by atoms with Crippen molar-refractivity contribution in [2.24, 2.45) is 5.73 Å². The molecule has 4 rings (SSSR count). The molecule has 1 aromatic heterocycles. The first-order chi connectivity index (χ1) is 10.2. The Kier molecular flexibility index (Phi) is 3.25. The number of hydrogen-bond donors (Lipinski definition) is 1. The largest absolute Gasteiger partial charge is 0.488 e. The zero-order chi connectivity index (χ0) is 14.4. The Labute approximate surface area is 135 Å². The number of halogens is 1. The monoisotopic (exact) mass is 359 g/mol. The van der Waals surface area contributed by atoms with Crippen LogP contribution in [0.4, 0.5) is 0 Å². The molecule has 3 aromatic rings. The number of para-hydroxylation sites is 1. The Morgan fingerprint density at radius 1 is 1.19 bits per heavy atom. The molecule has 0 bridgehead atoms. The van der Waals surface area contributed by atoms with Gasteiger partial charge >= 0.3 is 0 Å². The summed E-state index contributed by atoms with van der Waals surface area (Å²) in [6, 6.07) is 14.3. The summed E-state index contributed by atoms with van der Waals surface area (Å²) in [5, 5.41) is 3.38. The fraction of sp³-hybridized carbons (Fsp3) is 0.176. The van der Waals surface area contributed by atoms with Crippen molar-refractivity contribution >= 4 is 37.4 Å². The molecule has 4 heteroatoms. The molecule has 2 aromatic carbocycles. The third kappa shape index (κ3) is 2.18. The van der Waals surface area contributed by atoms with Crippen molar-refractivity contribution in [1.82, 2.24) is 0 Å². The van der Waals surface area contributed by atoms with E-state index in [1.54, 1.807) is 11.3 Å². The van der Waals surface area contributed by atoms with Gasteiger partial charge in [0.15, 0.2) is 0 Å². The lowest BCUT2D eigenvalue weighted by molar-refractivity contribution is 0.200. The standard InChI is InChI=1S/C17H14BrNOS/c18-13-6-3-5-11-12(9-21-17(11)13)16(19)15-8-10-4-1-2-7-14(10)20-15/h1-7,9,15-16H,8,19H2. The molecule has 0 saturated carbocycles. The number of rotatable bonds is 2. The molecule has 0 spiro atoms. The van der Waals surface area contributed by atoms with Gasteiger partial charge in [0.25, 0.3) is 0 Å². The van der Waals surface area contributed by atoms with Gasteiger partial charge in [0.05, 0.1) is 6.04 Å². The van der Waals surface area contributed by atoms with Crippen LogP contribution >= 0.6 is 27.3 Å². The van der Waals surface area contributed by atoms with Gasteiger partial charge in [-0.15, -0.1) is 11.3 Å². The first-order valence-electron chi connectivity index (χ1n) is 6.90. The van der Waals surface area contributed by atoms with Gasteiger partial charge in [0, 0.05) is 15.6 Å². The Morgan fingerprint density at radius 3 is 2.90 bits per heavy atom. The van der Waals surface area contributed by atoms with E-state index in [9.17, 15) is 0 Å². The minimum absolute atomic E-state index is 0.0131. The Balaban J connectivity index is 1.69. The summed E-state index contributed by atoms with van der Waals surface area (Å²) in [6.45, 7) is 0. The molecule has 21 heavy (non-hydrogen) atoms. The maximum Gasteiger partial charge on any atom is 0.123 e. The molecule has 1 aliphatic rings. The summed E-state index contributed by atoms with van der Waals surface area (Å²) in [6.07, 6.45) is 0.891. The third-order valence-electron chi connectivity index (χ3n) is 4.01. The summed E-state index contributed by atoms with van der Waals surface area (Å²) in [7, 11) is 0. The van der Waals surface area contributed by atoms with E-state index >= 15 is 0 Å². The summed E-state index contributed by atoms with van der Waals surface area (Å²) in [5.41, 5.74) is 8.93. The maximum absolute atomic E-state index is 6.51. The van der Waals surface area contributed by atoms with Crippen molar-refractivity contribution in [2.45, 2.75) is 18.6 Å². The van der Waals surface area contributed by atoms with Gasteiger partial charge in [-0.1, -0.05) is 30.3 Å². The van der Waals surface area contributed by atoms with Gasteiger partial charge in [-0.3, -0.25) is 0 Å². The van der Waals surface area contributed by atoms with Crippen LogP contribution in [-0.2, 0) is 6.42 Å². The average molecular weight is 360 g/mol. The van der Waals surface area contributed by atoms with Crippen LogP contribution in [0.25, 0.3) is 10.1 Å². The number of nitrogens with two attached hydrogens (primary N) is 1. The number of thiophene rings is 1. The fourth-order valence-corrected chi connectivity index (χ4v) is 4.58. The summed E-state index contributed by atoms with van der Waals surface area (Å²) < 4.78 is 8.41. The molecule has 2 unspecified atom stereocenters. The normalized spacial score (nSPS) is 18.5. The maximum atomic E-state index is 6.51. The van der Waals surface area contributed by atoms with Gasteiger partial charge in [0.1, 0.15) is 11.9 Å². The topological polar surface area (TPSA) is 35.2 Å². The molecule has 0 amide bonds. The van der Waals surface area contributed by atoms with Crippen LogP contribution in [0.1, 0.15) is 17.2 Å². The molecule has 2 heterocycles. The van der Waals surface area contributed by atoms with Crippen LogP contribution in [0.2, 0.25) is 0 Å². The van der Waals surface area contributed by atoms with Gasteiger partial charge in [0.2, 0.25) is 0 Å². The van der Waals surface area contributed by atoms with E-state index in [-0.39, 0.29) is 12.1 Å².